The van der Waals surface area contributed by atoms with Gasteiger partial charge in [0.1, 0.15) is 11.5 Å². The molecule has 156 valence electrons. The highest BCUT2D eigenvalue weighted by molar-refractivity contribution is 5.97. The Labute approximate surface area is 171 Å². The van der Waals surface area contributed by atoms with Gasteiger partial charge in [0.25, 0.3) is 5.91 Å². The number of nitrogens with zero attached hydrogens (tertiary/aromatic N) is 2. The summed E-state index contributed by atoms with van der Waals surface area (Å²) in [5, 5.41) is 6.18. The van der Waals surface area contributed by atoms with Crippen LogP contribution in [-0.4, -0.2) is 29.0 Å². The molecule has 30 heavy (non-hydrogen) atoms. The van der Waals surface area contributed by atoms with Gasteiger partial charge in [-0.25, -0.2) is 9.97 Å². The molecule has 1 amide bonds. The summed E-state index contributed by atoms with van der Waals surface area (Å²) in [5.41, 5.74) is 0.310. The first-order valence-electron chi connectivity index (χ1n) is 9.78. The average molecular weight is 414 g/mol. The van der Waals surface area contributed by atoms with Gasteiger partial charge in [-0.3, -0.25) is 4.79 Å². The van der Waals surface area contributed by atoms with Crippen molar-refractivity contribution in [3.8, 4) is 0 Å². The van der Waals surface area contributed by atoms with E-state index in [0.717, 1.165) is 12.8 Å². The van der Waals surface area contributed by atoms with Crippen molar-refractivity contribution < 1.29 is 18.0 Å². The van der Waals surface area contributed by atoms with Crippen molar-refractivity contribution in [2.75, 3.05) is 18.4 Å². The Morgan fingerprint density at radius 3 is 2.63 bits per heavy atom. The summed E-state index contributed by atoms with van der Waals surface area (Å²) < 4.78 is 41.1. The van der Waals surface area contributed by atoms with Gasteiger partial charge in [-0.1, -0.05) is 6.07 Å². The summed E-state index contributed by atoms with van der Waals surface area (Å²) in [6.07, 6.45) is -1.08. The Kier molecular flexibility index (Phi) is 5.32. The lowest BCUT2D eigenvalue weighted by Gasteiger charge is -2.15. The Bertz CT molecular complexity index is 1080. The van der Waals surface area contributed by atoms with Crippen molar-refractivity contribution in [1.29, 1.82) is 0 Å². The number of aromatic nitrogens is 2. The van der Waals surface area contributed by atoms with Gasteiger partial charge in [-0.05, 0) is 67.1 Å². The fourth-order valence-electron chi connectivity index (χ4n) is 3.42. The van der Waals surface area contributed by atoms with E-state index in [0.29, 0.717) is 28.9 Å². The first kappa shape index (κ1) is 20.1. The lowest BCUT2D eigenvalue weighted by molar-refractivity contribution is -0.136. The normalized spacial score (nSPS) is 14.0. The number of pyridine rings is 2. The summed E-state index contributed by atoms with van der Waals surface area (Å²) in [6.45, 7) is 2.41. The zero-order valence-electron chi connectivity index (χ0n) is 16.4. The third kappa shape index (κ3) is 4.37. The highest BCUT2D eigenvalue weighted by atomic mass is 19.4. The first-order chi connectivity index (χ1) is 14.3. The lowest BCUT2D eigenvalue weighted by Crippen LogP contribution is -2.29. The number of fused-ring (bicyclic) bond motifs is 1. The molecule has 0 aliphatic heterocycles. The molecule has 2 heterocycles. The van der Waals surface area contributed by atoms with Gasteiger partial charge < -0.3 is 10.6 Å². The fourth-order valence-corrected chi connectivity index (χ4v) is 3.42. The summed E-state index contributed by atoms with van der Waals surface area (Å²) in [4.78, 5) is 20.7. The maximum absolute atomic E-state index is 13.7. The molecule has 0 radical (unpaired) electrons. The summed E-state index contributed by atoms with van der Waals surface area (Å²) in [7, 11) is 0. The van der Waals surface area contributed by atoms with Gasteiger partial charge in [-0.2, -0.15) is 13.2 Å². The van der Waals surface area contributed by atoms with E-state index in [1.165, 1.54) is 6.07 Å². The van der Waals surface area contributed by atoms with Crippen LogP contribution in [-0.2, 0) is 6.18 Å². The predicted molar refractivity (Wildman–Crippen MR) is 109 cm³/mol. The topological polar surface area (TPSA) is 66.9 Å². The summed E-state index contributed by atoms with van der Waals surface area (Å²) >= 11 is 0. The quantitative estimate of drug-likeness (QED) is 0.575. The first-order valence-corrected chi connectivity index (χ1v) is 9.78. The highest BCUT2D eigenvalue weighted by Crippen LogP contribution is 2.44. The van der Waals surface area contributed by atoms with Crippen LogP contribution in [0.25, 0.3) is 10.9 Å². The van der Waals surface area contributed by atoms with Crippen LogP contribution in [0.5, 0.6) is 0 Å². The molecule has 3 aromatic rings. The highest BCUT2D eigenvalue weighted by Gasteiger charge is 2.36. The maximum atomic E-state index is 13.7. The molecule has 1 saturated carbocycles. The number of hydrogen-bond acceptors (Lipinski definition) is 4. The van der Waals surface area contributed by atoms with E-state index in [9.17, 15) is 18.0 Å². The zero-order chi connectivity index (χ0) is 21.3. The molecule has 0 atom stereocenters. The zero-order valence-corrected chi connectivity index (χ0v) is 16.4. The number of amides is 1. The number of alkyl halides is 3. The number of carbonyl (C=O) groups excluding carboxylic acids is 1. The van der Waals surface area contributed by atoms with Crippen LogP contribution in [0.2, 0.25) is 0 Å². The molecular formula is C22H21F3N4O. The van der Waals surface area contributed by atoms with Gasteiger partial charge in [0.05, 0.1) is 11.1 Å². The van der Waals surface area contributed by atoms with E-state index < -0.39 is 17.6 Å². The van der Waals surface area contributed by atoms with Crippen LogP contribution in [0, 0.1) is 6.92 Å². The van der Waals surface area contributed by atoms with Crippen molar-refractivity contribution in [3.63, 3.8) is 0 Å². The molecule has 0 saturated heterocycles. The number of benzene rings is 1. The van der Waals surface area contributed by atoms with Gasteiger partial charge in [-0.15, -0.1) is 0 Å². The van der Waals surface area contributed by atoms with Crippen molar-refractivity contribution in [3.05, 3.63) is 65.0 Å². The molecule has 0 bridgehead atoms. The number of halogens is 3. The average Bonchev–Trinajstić information content (AvgIpc) is 3.56. The van der Waals surface area contributed by atoms with E-state index in [2.05, 4.69) is 20.6 Å². The number of aryl methyl sites for hydroxylation is 1. The Hall–Kier alpha value is -3.16. The third-order valence-corrected chi connectivity index (χ3v) is 5.11. The minimum Gasteiger partial charge on any atom is -0.368 e. The molecule has 0 unspecified atom stereocenters. The second-order valence-corrected chi connectivity index (χ2v) is 7.46. The fraction of sp³-hybridized carbons (Fsp3) is 0.318. The Balaban J connectivity index is 1.55. The standard InChI is InChI=1S/C22H21F3N4O/c1-13-10-18(21(30)28-9-8-27-19-4-2-3-7-26-19)29-20-16(13)11-15(14-5-6-14)12-17(20)22(23,24)25/h2-4,7,10-12,14H,5-6,8-9H2,1H3,(H,26,27)(H,28,30). The number of nitrogens with one attached hydrogen (secondary N) is 2. The number of hydrogen-bond donors (Lipinski definition) is 2. The summed E-state index contributed by atoms with van der Waals surface area (Å²) in [6, 6.07) is 9.94. The molecule has 1 aliphatic carbocycles. The van der Waals surface area contributed by atoms with Gasteiger partial charge in [0, 0.05) is 24.7 Å². The molecular weight excluding hydrogens is 393 g/mol. The Morgan fingerprint density at radius 1 is 1.17 bits per heavy atom. The number of carbonyl (C=O) groups is 1. The van der Waals surface area contributed by atoms with Crippen LogP contribution >= 0.6 is 0 Å². The van der Waals surface area contributed by atoms with E-state index >= 15 is 0 Å². The monoisotopic (exact) mass is 414 g/mol. The molecule has 1 aromatic carbocycles. The second kappa shape index (κ2) is 7.93. The number of anilines is 1. The van der Waals surface area contributed by atoms with Crippen LogP contribution < -0.4 is 10.6 Å². The molecule has 1 aliphatic rings. The van der Waals surface area contributed by atoms with Crippen LogP contribution in [0.3, 0.4) is 0 Å². The minimum absolute atomic E-state index is 0.0255. The van der Waals surface area contributed by atoms with E-state index in [4.69, 9.17) is 0 Å². The largest absolute Gasteiger partial charge is 0.418 e. The van der Waals surface area contributed by atoms with Gasteiger partial charge in [0.2, 0.25) is 0 Å². The molecule has 2 N–H and O–H groups in total. The second-order valence-electron chi connectivity index (χ2n) is 7.46. The third-order valence-electron chi connectivity index (χ3n) is 5.11. The minimum atomic E-state index is -4.54. The van der Waals surface area contributed by atoms with E-state index in [-0.39, 0.29) is 23.7 Å². The molecule has 4 rings (SSSR count). The predicted octanol–water partition coefficient (Wildman–Crippen LogP) is 4.68. The molecule has 2 aromatic heterocycles. The van der Waals surface area contributed by atoms with Crippen LogP contribution in [0.4, 0.5) is 19.0 Å². The van der Waals surface area contributed by atoms with Crippen LogP contribution in [0.1, 0.15) is 45.9 Å². The molecule has 1 fully saturated rings. The van der Waals surface area contributed by atoms with Gasteiger partial charge in [0.15, 0.2) is 0 Å². The van der Waals surface area contributed by atoms with Crippen LogP contribution in [0.15, 0.2) is 42.6 Å². The smallest absolute Gasteiger partial charge is 0.368 e. The number of rotatable bonds is 6. The Morgan fingerprint density at radius 2 is 1.97 bits per heavy atom. The van der Waals surface area contributed by atoms with E-state index in [1.807, 2.05) is 6.07 Å². The molecule has 5 nitrogen and oxygen atoms in total. The van der Waals surface area contributed by atoms with Gasteiger partial charge >= 0.3 is 6.18 Å². The van der Waals surface area contributed by atoms with Crippen molar-refractivity contribution in [2.24, 2.45) is 0 Å². The van der Waals surface area contributed by atoms with Crippen molar-refractivity contribution in [2.45, 2.75) is 31.9 Å². The van der Waals surface area contributed by atoms with Crippen molar-refractivity contribution >= 4 is 22.6 Å². The maximum Gasteiger partial charge on any atom is 0.418 e. The molecule has 8 heteroatoms. The SMILES string of the molecule is Cc1cc(C(=O)NCCNc2ccccn2)nc2c(C(F)(F)F)cc(C3CC3)cc12. The lowest BCUT2D eigenvalue weighted by atomic mass is 9.98. The van der Waals surface area contributed by atoms with Crippen molar-refractivity contribution in [1.82, 2.24) is 15.3 Å². The summed E-state index contributed by atoms with van der Waals surface area (Å²) in [5.74, 6) is 0.347. The molecule has 0 spiro atoms. The van der Waals surface area contributed by atoms with E-state index in [1.54, 1.807) is 37.4 Å².